The van der Waals surface area contributed by atoms with Crippen molar-refractivity contribution in [2.24, 2.45) is 5.73 Å². The molecule has 6 nitrogen and oxygen atoms in total. The normalized spacial score (nSPS) is 13.0. The molecule has 0 spiro atoms. The lowest BCUT2D eigenvalue weighted by atomic mass is 10.3. The standard InChI is InChI=1S/C14H24N2O4S/c1-4-19-13-7-6-12(10-14(13)20-5-2)21(17,18)16-9-8-11(3)15/h6-7,10-11,16H,4-5,8-9,15H2,1-3H3. The predicted octanol–water partition coefficient (Wildman–Crippen LogP) is 1.50. The van der Waals surface area contributed by atoms with Crippen LogP contribution in [-0.4, -0.2) is 34.2 Å². The van der Waals surface area contributed by atoms with Crippen LogP contribution in [0.3, 0.4) is 0 Å². The van der Waals surface area contributed by atoms with E-state index in [1.807, 2.05) is 20.8 Å². The maximum absolute atomic E-state index is 12.2. The predicted molar refractivity (Wildman–Crippen MR) is 82.2 cm³/mol. The average Bonchev–Trinajstić information content (AvgIpc) is 2.40. The molecule has 0 aliphatic carbocycles. The number of sulfonamides is 1. The van der Waals surface area contributed by atoms with Crippen LogP contribution in [-0.2, 0) is 10.0 Å². The van der Waals surface area contributed by atoms with Crippen LogP contribution in [0.15, 0.2) is 23.1 Å². The zero-order chi connectivity index (χ0) is 15.9. The molecule has 1 atom stereocenters. The largest absolute Gasteiger partial charge is 0.490 e. The second kappa shape index (κ2) is 8.21. The summed E-state index contributed by atoms with van der Waals surface area (Å²) in [6.45, 7) is 6.74. The summed E-state index contributed by atoms with van der Waals surface area (Å²) in [6, 6.07) is 4.53. The Hall–Kier alpha value is -1.31. The third-order valence-corrected chi connectivity index (χ3v) is 4.18. The van der Waals surface area contributed by atoms with Crippen molar-refractivity contribution < 1.29 is 17.9 Å². The van der Waals surface area contributed by atoms with Crippen molar-refractivity contribution in [2.45, 2.75) is 38.1 Å². The maximum atomic E-state index is 12.2. The number of benzene rings is 1. The molecule has 0 saturated carbocycles. The minimum absolute atomic E-state index is 0.0491. The number of hydrogen-bond donors (Lipinski definition) is 2. The molecule has 0 aliphatic rings. The molecular formula is C14H24N2O4S. The average molecular weight is 316 g/mol. The van der Waals surface area contributed by atoms with Gasteiger partial charge in [0.25, 0.3) is 0 Å². The fourth-order valence-electron chi connectivity index (χ4n) is 1.70. The van der Waals surface area contributed by atoms with Gasteiger partial charge in [-0.2, -0.15) is 0 Å². The van der Waals surface area contributed by atoms with Gasteiger partial charge in [-0.05, 0) is 39.3 Å². The second-order valence-corrected chi connectivity index (χ2v) is 6.41. The minimum Gasteiger partial charge on any atom is -0.490 e. The van der Waals surface area contributed by atoms with Gasteiger partial charge in [-0.3, -0.25) is 0 Å². The fourth-order valence-corrected chi connectivity index (χ4v) is 2.77. The molecule has 0 bridgehead atoms. The number of nitrogens with two attached hydrogens (primary N) is 1. The molecule has 0 amide bonds. The Morgan fingerprint density at radius 2 is 1.81 bits per heavy atom. The Balaban J connectivity index is 2.93. The van der Waals surface area contributed by atoms with Gasteiger partial charge < -0.3 is 15.2 Å². The Bertz CT molecular complexity index is 544. The molecule has 0 fully saturated rings. The van der Waals surface area contributed by atoms with Crippen molar-refractivity contribution in [3.05, 3.63) is 18.2 Å². The van der Waals surface area contributed by atoms with Gasteiger partial charge in [-0.25, -0.2) is 13.1 Å². The van der Waals surface area contributed by atoms with Crippen molar-refractivity contribution in [1.29, 1.82) is 0 Å². The van der Waals surface area contributed by atoms with Crippen LogP contribution in [0.1, 0.15) is 27.2 Å². The lowest BCUT2D eigenvalue weighted by molar-refractivity contribution is 0.287. The highest BCUT2D eigenvalue weighted by atomic mass is 32.2. The van der Waals surface area contributed by atoms with Crippen LogP contribution in [0, 0.1) is 0 Å². The zero-order valence-corrected chi connectivity index (χ0v) is 13.6. The van der Waals surface area contributed by atoms with Crippen molar-refractivity contribution in [2.75, 3.05) is 19.8 Å². The number of hydrogen-bond acceptors (Lipinski definition) is 5. The monoisotopic (exact) mass is 316 g/mol. The van der Waals surface area contributed by atoms with Gasteiger partial charge in [0.05, 0.1) is 18.1 Å². The van der Waals surface area contributed by atoms with Crippen LogP contribution >= 0.6 is 0 Å². The van der Waals surface area contributed by atoms with E-state index in [-0.39, 0.29) is 10.9 Å². The maximum Gasteiger partial charge on any atom is 0.240 e. The van der Waals surface area contributed by atoms with E-state index >= 15 is 0 Å². The SMILES string of the molecule is CCOc1ccc(S(=O)(=O)NCCC(C)N)cc1OCC. The summed E-state index contributed by atoms with van der Waals surface area (Å²) in [5, 5.41) is 0. The Morgan fingerprint density at radius 3 is 2.38 bits per heavy atom. The van der Waals surface area contributed by atoms with Crippen molar-refractivity contribution in [1.82, 2.24) is 4.72 Å². The molecule has 1 aromatic carbocycles. The lowest BCUT2D eigenvalue weighted by Crippen LogP contribution is -2.29. The first-order valence-electron chi connectivity index (χ1n) is 7.05. The van der Waals surface area contributed by atoms with Crippen LogP contribution < -0.4 is 19.9 Å². The first-order valence-corrected chi connectivity index (χ1v) is 8.54. The van der Waals surface area contributed by atoms with Gasteiger partial charge in [0, 0.05) is 18.7 Å². The molecule has 1 aromatic rings. The highest BCUT2D eigenvalue weighted by Crippen LogP contribution is 2.30. The molecule has 0 radical (unpaired) electrons. The first-order chi connectivity index (χ1) is 9.90. The van der Waals surface area contributed by atoms with Crippen LogP contribution in [0.25, 0.3) is 0 Å². The first kappa shape index (κ1) is 17.7. The van der Waals surface area contributed by atoms with E-state index in [1.54, 1.807) is 6.07 Å². The van der Waals surface area contributed by atoms with Crippen LogP contribution in [0.5, 0.6) is 11.5 Å². The summed E-state index contributed by atoms with van der Waals surface area (Å²) in [5.41, 5.74) is 5.61. The molecule has 1 unspecified atom stereocenters. The van der Waals surface area contributed by atoms with Gasteiger partial charge in [0.15, 0.2) is 11.5 Å². The van der Waals surface area contributed by atoms with Crippen molar-refractivity contribution >= 4 is 10.0 Å². The molecule has 21 heavy (non-hydrogen) atoms. The van der Waals surface area contributed by atoms with Crippen molar-refractivity contribution in [3.8, 4) is 11.5 Å². The third-order valence-electron chi connectivity index (χ3n) is 2.72. The topological polar surface area (TPSA) is 90.7 Å². The van der Waals surface area contributed by atoms with E-state index in [1.165, 1.54) is 12.1 Å². The smallest absolute Gasteiger partial charge is 0.240 e. The van der Waals surface area contributed by atoms with E-state index in [9.17, 15) is 8.42 Å². The highest BCUT2D eigenvalue weighted by molar-refractivity contribution is 7.89. The molecule has 120 valence electrons. The number of rotatable bonds is 9. The summed E-state index contributed by atoms with van der Waals surface area (Å²) in [5.74, 6) is 0.961. The van der Waals surface area contributed by atoms with Gasteiger partial charge in [0.1, 0.15) is 0 Å². The number of ether oxygens (including phenoxy) is 2. The van der Waals surface area contributed by atoms with E-state index in [0.29, 0.717) is 37.7 Å². The lowest BCUT2D eigenvalue weighted by Gasteiger charge is -2.13. The third kappa shape index (κ3) is 5.53. The quantitative estimate of drug-likeness (QED) is 0.720. The number of nitrogens with one attached hydrogen (secondary N) is 1. The zero-order valence-electron chi connectivity index (χ0n) is 12.8. The Kier molecular flexibility index (Phi) is 6.94. The summed E-state index contributed by atoms with van der Waals surface area (Å²) in [7, 11) is -3.57. The molecule has 0 aliphatic heterocycles. The minimum atomic E-state index is -3.57. The van der Waals surface area contributed by atoms with Gasteiger partial charge >= 0.3 is 0 Å². The van der Waals surface area contributed by atoms with Crippen LogP contribution in [0.4, 0.5) is 0 Å². The molecule has 0 heterocycles. The summed E-state index contributed by atoms with van der Waals surface area (Å²) in [4.78, 5) is 0.152. The molecule has 3 N–H and O–H groups in total. The summed E-state index contributed by atoms with van der Waals surface area (Å²) in [6.07, 6.45) is 0.578. The van der Waals surface area contributed by atoms with Crippen molar-refractivity contribution in [3.63, 3.8) is 0 Å². The van der Waals surface area contributed by atoms with E-state index in [0.717, 1.165) is 0 Å². The summed E-state index contributed by atoms with van der Waals surface area (Å²) < 4.78 is 37.7. The Morgan fingerprint density at radius 1 is 1.19 bits per heavy atom. The summed E-state index contributed by atoms with van der Waals surface area (Å²) >= 11 is 0. The van der Waals surface area contributed by atoms with E-state index in [4.69, 9.17) is 15.2 Å². The van der Waals surface area contributed by atoms with Gasteiger partial charge in [-0.15, -0.1) is 0 Å². The fraction of sp³-hybridized carbons (Fsp3) is 0.571. The Labute approximate surface area is 126 Å². The molecule has 7 heteroatoms. The van der Waals surface area contributed by atoms with Crippen LogP contribution in [0.2, 0.25) is 0 Å². The van der Waals surface area contributed by atoms with Gasteiger partial charge in [-0.1, -0.05) is 0 Å². The second-order valence-electron chi connectivity index (χ2n) is 4.64. The van der Waals surface area contributed by atoms with E-state index in [2.05, 4.69) is 4.72 Å². The van der Waals surface area contributed by atoms with E-state index < -0.39 is 10.0 Å². The molecule has 1 rings (SSSR count). The van der Waals surface area contributed by atoms with Gasteiger partial charge in [0.2, 0.25) is 10.0 Å². The molecular weight excluding hydrogens is 292 g/mol. The molecule has 0 aromatic heterocycles. The molecule has 0 saturated heterocycles. The highest BCUT2D eigenvalue weighted by Gasteiger charge is 2.17.